The third kappa shape index (κ3) is 7.67. The topological polar surface area (TPSA) is 124 Å². The van der Waals surface area contributed by atoms with Crippen LogP contribution in [0.5, 0.6) is 5.75 Å². The fourth-order valence-corrected chi connectivity index (χ4v) is 7.08. The van der Waals surface area contributed by atoms with Crippen LogP contribution in [0, 0.1) is 0 Å². The molecule has 0 saturated heterocycles. The molecular formula is C32H35N5O5S2. The van der Waals surface area contributed by atoms with Crippen molar-refractivity contribution in [2.24, 2.45) is 0 Å². The van der Waals surface area contributed by atoms with Gasteiger partial charge in [-0.25, -0.2) is 4.79 Å². The average molecular weight is 634 g/mol. The van der Waals surface area contributed by atoms with Gasteiger partial charge in [0.1, 0.15) is 10.8 Å². The minimum Gasteiger partial charge on any atom is -0.494 e. The lowest BCUT2D eigenvalue weighted by Gasteiger charge is -2.13. The number of thioether (sulfide) groups is 1. The van der Waals surface area contributed by atoms with Gasteiger partial charge in [0.25, 0.3) is 0 Å². The number of ether oxygens (including phenoxy) is 2. The molecule has 4 aromatic rings. The number of fused-ring (bicyclic) bond motifs is 1. The monoisotopic (exact) mass is 633 g/mol. The van der Waals surface area contributed by atoms with Crippen LogP contribution in [0.4, 0.5) is 5.00 Å². The maximum atomic E-state index is 13.2. The number of rotatable bonds is 13. The van der Waals surface area contributed by atoms with E-state index < -0.39 is 5.97 Å². The first kappa shape index (κ1) is 31.3. The van der Waals surface area contributed by atoms with Gasteiger partial charge in [0, 0.05) is 10.6 Å². The van der Waals surface area contributed by atoms with Crippen LogP contribution in [0.3, 0.4) is 0 Å². The molecule has 5 rings (SSSR count). The van der Waals surface area contributed by atoms with Crippen molar-refractivity contribution < 1.29 is 23.9 Å². The average Bonchev–Trinajstić information content (AvgIpc) is 3.61. The second-order valence-electron chi connectivity index (χ2n) is 10.1. The third-order valence-corrected chi connectivity index (χ3v) is 9.13. The molecule has 0 spiro atoms. The predicted octanol–water partition coefficient (Wildman–Crippen LogP) is 5.37. The second-order valence-corrected chi connectivity index (χ2v) is 12.1. The first-order valence-electron chi connectivity index (χ1n) is 14.7. The van der Waals surface area contributed by atoms with E-state index in [1.54, 1.807) is 6.92 Å². The lowest BCUT2D eigenvalue weighted by atomic mass is 9.95. The van der Waals surface area contributed by atoms with Crippen molar-refractivity contribution in [3.8, 4) is 11.4 Å². The van der Waals surface area contributed by atoms with Crippen molar-refractivity contribution in [1.82, 2.24) is 20.1 Å². The highest BCUT2D eigenvalue weighted by molar-refractivity contribution is 7.99. The number of nitrogens with one attached hydrogen (secondary N) is 2. The molecule has 12 heteroatoms. The molecule has 1 aliphatic rings. The Balaban J connectivity index is 1.31. The fraction of sp³-hybridized carbons (Fsp3) is 0.344. The Morgan fingerprint density at radius 1 is 0.955 bits per heavy atom. The predicted molar refractivity (Wildman–Crippen MR) is 171 cm³/mol. The summed E-state index contributed by atoms with van der Waals surface area (Å²) in [7, 11) is 0. The molecule has 0 aliphatic heterocycles. The van der Waals surface area contributed by atoms with E-state index in [0.717, 1.165) is 53.1 Å². The summed E-state index contributed by atoms with van der Waals surface area (Å²) in [4.78, 5) is 39.8. The van der Waals surface area contributed by atoms with E-state index in [4.69, 9.17) is 9.47 Å². The molecule has 0 fully saturated rings. The van der Waals surface area contributed by atoms with Gasteiger partial charge in [-0.15, -0.1) is 21.5 Å². The van der Waals surface area contributed by atoms with Gasteiger partial charge in [0.2, 0.25) is 11.8 Å². The molecule has 0 saturated carbocycles. The number of carbonyl (C=O) groups excluding carboxylic acids is 3. The summed E-state index contributed by atoms with van der Waals surface area (Å²) in [5, 5.41) is 15.6. The number of hydrogen-bond acceptors (Lipinski definition) is 9. The number of carbonyl (C=O) groups is 3. The molecule has 2 aromatic heterocycles. The number of hydrogen-bond donors (Lipinski definition) is 2. The number of aromatic nitrogens is 3. The van der Waals surface area contributed by atoms with Gasteiger partial charge in [-0.2, -0.15) is 0 Å². The first-order chi connectivity index (χ1) is 21.5. The van der Waals surface area contributed by atoms with Crippen molar-refractivity contribution in [1.29, 1.82) is 0 Å². The van der Waals surface area contributed by atoms with Crippen LogP contribution in [-0.4, -0.2) is 51.5 Å². The van der Waals surface area contributed by atoms with E-state index in [9.17, 15) is 14.4 Å². The number of anilines is 1. The highest BCUT2D eigenvalue weighted by Gasteiger charge is 2.27. The zero-order valence-electron chi connectivity index (χ0n) is 24.8. The summed E-state index contributed by atoms with van der Waals surface area (Å²) in [6.07, 6.45) is 4.03. The van der Waals surface area contributed by atoms with Crippen LogP contribution < -0.4 is 15.4 Å². The van der Waals surface area contributed by atoms with Gasteiger partial charge in [0.15, 0.2) is 11.0 Å². The molecule has 0 bridgehead atoms. The summed E-state index contributed by atoms with van der Waals surface area (Å²) >= 11 is 2.68. The van der Waals surface area contributed by atoms with Crippen molar-refractivity contribution in [2.45, 2.75) is 57.7 Å². The summed E-state index contributed by atoms with van der Waals surface area (Å²) in [6.45, 7) is 4.66. The van der Waals surface area contributed by atoms with Crippen LogP contribution in [0.2, 0.25) is 0 Å². The molecule has 44 heavy (non-hydrogen) atoms. The Kier molecular flexibility index (Phi) is 10.7. The van der Waals surface area contributed by atoms with Gasteiger partial charge < -0.3 is 20.1 Å². The van der Waals surface area contributed by atoms with Gasteiger partial charge in [-0.05, 0) is 74.9 Å². The van der Waals surface area contributed by atoms with E-state index in [2.05, 4.69) is 20.8 Å². The molecule has 10 nitrogen and oxygen atoms in total. The molecule has 0 atom stereocenters. The Morgan fingerprint density at radius 3 is 2.48 bits per heavy atom. The van der Waals surface area contributed by atoms with E-state index in [-0.39, 0.29) is 37.1 Å². The SMILES string of the molecule is CCOC(=O)c1c(NC(=O)CSc2nnc(CNC(=O)Cc3ccccc3)n2-c2ccc(OCC)cc2)sc2c1CCCC2. The summed E-state index contributed by atoms with van der Waals surface area (Å²) < 4.78 is 12.7. The molecule has 1 aliphatic carbocycles. The van der Waals surface area contributed by atoms with Crippen LogP contribution in [0.15, 0.2) is 59.8 Å². The van der Waals surface area contributed by atoms with Crippen molar-refractivity contribution in [3.05, 3.63) is 82.0 Å². The van der Waals surface area contributed by atoms with Crippen molar-refractivity contribution in [3.63, 3.8) is 0 Å². The normalized spacial score (nSPS) is 12.3. The molecule has 0 unspecified atom stereocenters. The Hall–Kier alpha value is -4.16. The largest absolute Gasteiger partial charge is 0.494 e. The third-order valence-electron chi connectivity index (χ3n) is 6.99. The Bertz CT molecular complexity index is 1600. The van der Waals surface area contributed by atoms with Gasteiger partial charge in [-0.1, -0.05) is 42.1 Å². The summed E-state index contributed by atoms with van der Waals surface area (Å²) in [6, 6.07) is 17.0. The molecule has 2 amide bonds. The minimum atomic E-state index is -0.399. The van der Waals surface area contributed by atoms with Crippen molar-refractivity contribution >= 4 is 45.9 Å². The van der Waals surface area contributed by atoms with Crippen LogP contribution >= 0.6 is 23.1 Å². The number of benzene rings is 2. The van der Waals surface area contributed by atoms with Gasteiger partial charge in [0.05, 0.1) is 37.5 Å². The zero-order chi connectivity index (χ0) is 30.9. The van der Waals surface area contributed by atoms with Crippen LogP contribution in [0.25, 0.3) is 5.69 Å². The summed E-state index contributed by atoms with van der Waals surface area (Å²) in [5.74, 6) is 0.491. The second kappa shape index (κ2) is 15.0. The minimum absolute atomic E-state index is 0.0420. The molecule has 230 valence electrons. The fourth-order valence-electron chi connectivity index (χ4n) is 5.01. The quantitative estimate of drug-likeness (QED) is 0.149. The number of thiophene rings is 1. The molecular weight excluding hydrogens is 599 g/mol. The van der Waals surface area contributed by atoms with E-state index in [1.165, 1.54) is 23.1 Å². The van der Waals surface area contributed by atoms with Crippen LogP contribution in [-0.2, 0) is 40.1 Å². The Morgan fingerprint density at radius 2 is 1.73 bits per heavy atom. The standard InChI is InChI=1S/C32H35N5O5S2/c1-3-41-23-16-14-22(15-17-23)37-26(19-33-27(38)18-21-10-6-5-7-11-21)35-36-32(37)43-20-28(39)34-30-29(31(40)42-4-2)24-12-8-9-13-25(24)44-30/h5-7,10-11,14-17H,3-4,8-9,12-13,18-20H2,1-2H3,(H,33,38)(H,34,39). The highest BCUT2D eigenvalue weighted by atomic mass is 32.2. The lowest BCUT2D eigenvalue weighted by molar-refractivity contribution is -0.120. The maximum Gasteiger partial charge on any atom is 0.341 e. The van der Waals surface area contributed by atoms with E-state index >= 15 is 0 Å². The van der Waals surface area contributed by atoms with Gasteiger partial charge in [-0.3, -0.25) is 14.2 Å². The Labute approximate surface area is 264 Å². The van der Waals surface area contributed by atoms with Gasteiger partial charge >= 0.3 is 5.97 Å². The zero-order valence-corrected chi connectivity index (χ0v) is 26.4. The number of amides is 2. The smallest absolute Gasteiger partial charge is 0.341 e. The molecule has 0 radical (unpaired) electrons. The van der Waals surface area contributed by atoms with Crippen molar-refractivity contribution in [2.75, 3.05) is 24.3 Å². The summed E-state index contributed by atoms with van der Waals surface area (Å²) in [5.41, 5.74) is 3.16. The number of aryl methyl sites for hydroxylation is 1. The molecule has 2 heterocycles. The first-order valence-corrected chi connectivity index (χ1v) is 16.5. The number of esters is 1. The lowest BCUT2D eigenvalue weighted by Crippen LogP contribution is -2.26. The van der Waals surface area contributed by atoms with E-state index in [1.807, 2.05) is 66.1 Å². The maximum absolute atomic E-state index is 13.2. The molecule has 2 aromatic carbocycles. The number of nitrogens with zero attached hydrogens (tertiary/aromatic N) is 3. The highest BCUT2D eigenvalue weighted by Crippen LogP contribution is 2.39. The molecule has 2 N–H and O–H groups in total. The van der Waals surface area contributed by atoms with E-state index in [0.29, 0.717) is 28.2 Å². The van der Waals surface area contributed by atoms with Crippen LogP contribution in [0.1, 0.15) is 58.9 Å².